The number of anilines is 2. The fourth-order valence-corrected chi connectivity index (χ4v) is 2.15. The Bertz CT molecular complexity index is 435. The Labute approximate surface area is 106 Å². The second kappa shape index (κ2) is 4.72. The van der Waals surface area contributed by atoms with Crippen molar-refractivity contribution < 1.29 is 14.2 Å². The van der Waals surface area contributed by atoms with Gasteiger partial charge in [0.1, 0.15) is 5.82 Å². The number of hydrogen-bond donors (Lipinski definition) is 1. The third-order valence-corrected chi connectivity index (χ3v) is 3.16. The molecular formula is C12H17N3O3. The smallest absolute Gasteiger partial charge is 0.190 e. The molecule has 2 aliphatic rings. The molecule has 2 N–H and O–H groups in total. The predicted octanol–water partition coefficient (Wildman–Crippen LogP) is 0.544. The lowest BCUT2D eigenvalue weighted by molar-refractivity contribution is 0.0950. The maximum atomic E-state index is 5.92. The van der Waals surface area contributed by atoms with Gasteiger partial charge in [0, 0.05) is 32.0 Å². The summed E-state index contributed by atoms with van der Waals surface area (Å²) in [5.74, 6) is 0.888. The van der Waals surface area contributed by atoms with Crippen LogP contribution in [-0.2, 0) is 14.2 Å². The number of nitrogens with zero attached hydrogens (tertiary/aromatic N) is 2. The van der Waals surface area contributed by atoms with Crippen LogP contribution in [0.25, 0.3) is 0 Å². The largest absolute Gasteiger partial charge is 0.399 e. The maximum Gasteiger partial charge on any atom is 0.190 e. The van der Waals surface area contributed by atoms with Crippen LogP contribution in [-0.4, -0.2) is 44.7 Å². The van der Waals surface area contributed by atoms with E-state index in [1.807, 2.05) is 12.1 Å². The fraction of sp³-hybridized carbons (Fsp3) is 0.583. The standard InChI is InChI=1S/C12H17N3O3/c1-16-12-11(18-12)9-6-8(13)7-10(14-9)15-2-4-17-5-3-15/h6-7,11-12H,2-5H2,1H3,(H2,13,14). The van der Waals surface area contributed by atoms with Crippen molar-refractivity contribution in [2.45, 2.75) is 12.4 Å². The van der Waals surface area contributed by atoms with Crippen LogP contribution in [0.15, 0.2) is 12.1 Å². The number of epoxide rings is 1. The number of nitrogens with two attached hydrogens (primary N) is 1. The lowest BCUT2D eigenvalue weighted by atomic mass is 10.2. The fourth-order valence-electron chi connectivity index (χ4n) is 2.15. The van der Waals surface area contributed by atoms with Gasteiger partial charge in [-0.3, -0.25) is 0 Å². The molecule has 3 rings (SSSR count). The van der Waals surface area contributed by atoms with Crippen molar-refractivity contribution in [3.63, 3.8) is 0 Å². The lowest BCUT2D eigenvalue weighted by Crippen LogP contribution is -2.36. The molecule has 1 aromatic rings. The van der Waals surface area contributed by atoms with Crippen LogP contribution in [0.3, 0.4) is 0 Å². The van der Waals surface area contributed by atoms with Crippen LogP contribution in [0, 0.1) is 0 Å². The molecule has 3 heterocycles. The molecule has 6 nitrogen and oxygen atoms in total. The Morgan fingerprint density at radius 1 is 1.39 bits per heavy atom. The molecule has 0 aliphatic carbocycles. The van der Waals surface area contributed by atoms with Crippen molar-refractivity contribution in [1.29, 1.82) is 0 Å². The third-order valence-electron chi connectivity index (χ3n) is 3.16. The van der Waals surface area contributed by atoms with Crippen molar-refractivity contribution in [2.24, 2.45) is 0 Å². The minimum Gasteiger partial charge on any atom is -0.399 e. The predicted molar refractivity (Wildman–Crippen MR) is 66.3 cm³/mol. The Morgan fingerprint density at radius 2 is 2.17 bits per heavy atom. The van der Waals surface area contributed by atoms with Gasteiger partial charge in [-0.05, 0) is 6.07 Å². The molecule has 2 atom stereocenters. The number of pyridine rings is 1. The Morgan fingerprint density at radius 3 is 2.83 bits per heavy atom. The average Bonchev–Trinajstić information content (AvgIpc) is 3.18. The number of hydrogen-bond acceptors (Lipinski definition) is 6. The van der Waals surface area contributed by atoms with E-state index in [4.69, 9.17) is 19.9 Å². The van der Waals surface area contributed by atoms with Gasteiger partial charge in [0.05, 0.1) is 18.9 Å². The molecule has 2 saturated heterocycles. The summed E-state index contributed by atoms with van der Waals surface area (Å²) in [7, 11) is 1.62. The zero-order chi connectivity index (χ0) is 12.5. The number of rotatable bonds is 3. The van der Waals surface area contributed by atoms with Crippen molar-refractivity contribution in [3.05, 3.63) is 17.8 Å². The molecule has 6 heteroatoms. The van der Waals surface area contributed by atoms with Crippen molar-refractivity contribution in [1.82, 2.24) is 4.98 Å². The van der Waals surface area contributed by atoms with Crippen molar-refractivity contribution in [3.8, 4) is 0 Å². The molecule has 2 unspecified atom stereocenters. The van der Waals surface area contributed by atoms with Crippen LogP contribution in [0.4, 0.5) is 11.5 Å². The first-order valence-electron chi connectivity index (χ1n) is 6.06. The monoisotopic (exact) mass is 251 g/mol. The van der Waals surface area contributed by atoms with E-state index >= 15 is 0 Å². The number of methoxy groups -OCH3 is 1. The van der Waals surface area contributed by atoms with E-state index in [-0.39, 0.29) is 12.4 Å². The molecular weight excluding hydrogens is 234 g/mol. The third kappa shape index (κ3) is 2.27. The second-order valence-electron chi connectivity index (χ2n) is 4.44. The Balaban J connectivity index is 1.81. The minimum absolute atomic E-state index is 0.0849. The topological polar surface area (TPSA) is 73.1 Å². The summed E-state index contributed by atoms with van der Waals surface area (Å²) in [4.78, 5) is 6.78. The zero-order valence-electron chi connectivity index (χ0n) is 10.3. The van der Waals surface area contributed by atoms with E-state index in [1.165, 1.54) is 0 Å². The highest BCUT2D eigenvalue weighted by Crippen LogP contribution is 2.39. The molecule has 2 fully saturated rings. The SMILES string of the molecule is COC1OC1c1cc(N)cc(N2CCOCC2)n1. The van der Waals surface area contributed by atoms with Gasteiger partial charge in [-0.2, -0.15) is 0 Å². The summed E-state index contributed by atoms with van der Waals surface area (Å²) in [6.07, 6.45) is -0.268. The van der Waals surface area contributed by atoms with Crippen LogP contribution in [0.5, 0.6) is 0 Å². The van der Waals surface area contributed by atoms with Gasteiger partial charge in [0.25, 0.3) is 0 Å². The molecule has 0 saturated carbocycles. The van der Waals surface area contributed by atoms with Gasteiger partial charge < -0.3 is 24.8 Å². The number of morpholine rings is 1. The van der Waals surface area contributed by atoms with Gasteiger partial charge in [-0.25, -0.2) is 4.98 Å². The van der Waals surface area contributed by atoms with Gasteiger partial charge in [-0.1, -0.05) is 0 Å². The first-order chi connectivity index (χ1) is 8.78. The summed E-state index contributed by atoms with van der Waals surface area (Å²) in [6.45, 7) is 3.14. The van der Waals surface area contributed by atoms with Crippen molar-refractivity contribution in [2.75, 3.05) is 44.0 Å². The molecule has 0 amide bonds. The molecule has 98 valence electrons. The molecule has 2 aliphatic heterocycles. The van der Waals surface area contributed by atoms with Crippen LogP contribution in [0.2, 0.25) is 0 Å². The summed E-state index contributed by atoms with van der Waals surface area (Å²) < 4.78 is 15.8. The molecule has 0 spiro atoms. The summed E-state index contributed by atoms with van der Waals surface area (Å²) in [5.41, 5.74) is 7.46. The summed E-state index contributed by atoms with van der Waals surface area (Å²) in [5, 5.41) is 0. The van der Waals surface area contributed by atoms with E-state index in [9.17, 15) is 0 Å². The van der Waals surface area contributed by atoms with Gasteiger partial charge in [0.2, 0.25) is 0 Å². The van der Waals surface area contributed by atoms with E-state index in [1.54, 1.807) is 7.11 Å². The number of nitrogen functional groups attached to an aromatic ring is 1. The second-order valence-corrected chi connectivity index (χ2v) is 4.44. The maximum absolute atomic E-state index is 5.92. The minimum atomic E-state index is -0.183. The first kappa shape index (κ1) is 11.7. The molecule has 0 bridgehead atoms. The van der Waals surface area contributed by atoms with Gasteiger partial charge in [0.15, 0.2) is 12.4 Å². The van der Waals surface area contributed by atoms with E-state index in [2.05, 4.69) is 9.88 Å². The quantitative estimate of drug-likeness (QED) is 0.791. The van der Waals surface area contributed by atoms with Gasteiger partial charge >= 0.3 is 0 Å². The van der Waals surface area contributed by atoms with Crippen LogP contribution in [0.1, 0.15) is 11.8 Å². The summed E-state index contributed by atoms with van der Waals surface area (Å²) >= 11 is 0. The van der Waals surface area contributed by atoms with E-state index in [0.29, 0.717) is 5.69 Å². The van der Waals surface area contributed by atoms with E-state index in [0.717, 1.165) is 37.8 Å². The highest BCUT2D eigenvalue weighted by molar-refractivity contribution is 5.53. The average molecular weight is 251 g/mol. The van der Waals surface area contributed by atoms with Crippen LogP contribution < -0.4 is 10.6 Å². The summed E-state index contributed by atoms with van der Waals surface area (Å²) in [6, 6.07) is 3.73. The van der Waals surface area contributed by atoms with Gasteiger partial charge in [-0.15, -0.1) is 0 Å². The molecule has 18 heavy (non-hydrogen) atoms. The first-order valence-corrected chi connectivity index (χ1v) is 6.06. The zero-order valence-corrected chi connectivity index (χ0v) is 10.3. The number of ether oxygens (including phenoxy) is 3. The lowest BCUT2D eigenvalue weighted by Gasteiger charge is -2.28. The van der Waals surface area contributed by atoms with Crippen LogP contribution >= 0.6 is 0 Å². The Hall–Kier alpha value is -1.37. The molecule has 0 aromatic carbocycles. The highest BCUT2D eigenvalue weighted by atomic mass is 16.8. The number of aromatic nitrogens is 1. The highest BCUT2D eigenvalue weighted by Gasteiger charge is 2.42. The van der Waals surface area contributed by atoms with E-state index < -0.39 is 0 Å². The normalized spacial score (nSPS) is 27.3. The Kier molecular flexibility index (Phi) is 3.07. The molecule has 1 aromatic heterocycles. The van der Waals surface area contributed by atoms with Crippen molar-refractivity contribution >= 4 is 11.5 Å². The molecule has 0 radical (unpaired) electrons.